The van der Waals surface area contributed by atoms with Crippen LogP contribution in [0.3, 0.4) is 0 Å². The van der Waals surface area contributed by atoms with Crippen LogP contribution in [0, 0.1) is 0 Å². The van der Waals surface area contributed by atoms with E-state index in [1.807, 2.05) is 73.7 Å². The molecule has 26 heavy (non-hydrogen) atoms. The van der Waals surface area contributed by atoms with Crippen LogP contribution in [-0.2, 0) is 5.75 Å². The van der Waals surface area contributed by atoms with Crippen molar-refractivity contribution in [2.24, 2.45) is 0 Å². The lowest BCUT2D eigenvalue weighted by Crippen LogP contribution is -2.27. The standard InChI is InChI=1S/C22H20BrNOS/c1-16(18-11-13-19(23)14-12-18)24-22(25)20-9-5-6-10-21(20)26-15-17-7-3-2-4-8-17/h2-14,16H,15H2,1H3,(H,24,25). The van der Waals surface area contributed by atoms with Gasteiger partial charge in [-0.1, -0.05) is 70.5 Å². The molecular formula is C22H20BrNOS. The average molecular weight is 426 g/mol. The Morgan fingerprint density at radius 3 is 2.35 bits per heavy atom. The molecule has 0 aliphatic rings. The number of rotatable bonds is 6. The maximum atomic E-state index is 12.8. The highest BCUT2D eigenvalue weighted by Crippen LogP contribution is 2.27. The molecule has 0 saturated heterocycles. The van der Waals surface area contributed by atoms with Gasteiger partial charge in [0.25, 0.3) is 5.91 Å². The summed E-state index contributed by atoms with van der Waals surface area (Å²) in [5.74, 6) is 0.796. The van der Waals surface area contributed by atoms with Gasteiger partial charge in [0.2, 0.25) is 0 Å². The van der Waals surface area contributed by atoms with Crippen molar-refractivity contribution in [3.05, 3.63) is 100 Å². The first-order valence-electron chi connectivity index (χ1n) is 8.45. The SMILES string of the molecule is CC(NC(=O)c1ccccc1SCc1ccccc1)c1ccc(Br)cc1. The quantitative estimate of drug-likeness (QED) is 0.474. The van der Waals surface area contributed by atoms with Gasteiger partial charge in [-0.15, -0.1) is 11.8 Å². The number of carbonyl (C=O) groups is 1. The highest BCUT2D eigenvalue weighted by Gasteiger charge is 2.15. The molecule has 1 amide bonds. The maximum absolute atomic E-state index is 12.8. The third kappa shape index (κ3) is 4.99. The fraction of sp³-hybridized carbons (Fsp3) is 0.136. The van der Waals surface area contributed by atoms with E-state index < -0.39 is 0 Å². The summed E-state index contributed by atoms with van der Waals surface area (Å²) >= 11 is 5.12. The zero-order valence-electron chi connectivity index (χ0n) is 14.5. The van der Waals surface area contributed by atoms with E-state index in [2.05, 4.69) is 33.4 Å². The Hall–Kier alpha value is -2.04. The fourth-order valence-electron chi connectivity index (χ4n) is 2.62. The smallest absolute Gasteiger partial charge is 0.252 e. The van der Waals surface area contributed by atoms with Crippen molar-refractivity contribution in [1.29, 1.82) is 0 Å². The molecule has 4 heteroatoms. The molecule has 1 atom stereocenters. The number of benzene rings is 3. The topological polar surface area (TPSA) is 29.1 Å². The number of halogens is 1. The Morgan fingerprint density at radius 1 is 0.962 bits per heavy atom. The molecule has 0 radical (unpaired) electrons. The van der Waals surface area contributed by atoms with Gasteiger partial charge in [-0.25, -0.2) is 0 Å². The molecule has 1 N–H and O–H groups in total. The van der Waals surface area contributed by atoms with Crippen molar-refractivity contribution >= 4 is 33.6 Å². The predicted molar refractivity (Wildman–Crippen MR) is 112 cm³/mol. The van der Waals surface area contributed by atoms with Gasteiger partial charge >= 0.3 is 0 Å². The molecule has 3 aromatic carbocycles. The summed E-state index contributed by atoms with van der Waals surface area (Å²) in [7, 11) is 0. The van der Waals surface area contributed by atoms with E-state index in [0.717, 1.165) is 26.2 Å². The lowest BCUT2D eigenvalue weighted by molar-refractivity contribution is 0.0937. The lowest BCUT2D eigenvalue weighted by Gasteiger charge is -2.16. The van der Waals surface area contributed by atoms with Gasteiger partial charge in [-0.05, 0) is 42.3 Å². The van der Waals surface area contributed by atoms with Gasteiger partial charge in [-0.3, -0.25) is 4.79 Å². The van der Waals surface area contributed by atoms with E-state index >= 15 is 0 Å². The van der Waals surface area contributed by atoms with Crippen LogP contribution < -0.4 is 5.32 Å². The maximum Gasteiger partial charge on any atom is 0.252 e. The van der Waals surface area contributed by atoms with Gasteiger partial charge in [0.15, 0.2) is 0 Å². The Labute approximate surface area is 167 Å². The van der Waals surface area contributed by atoms with Crippen LogP contribution in [0.15, 0.2) is 88.2 Å². The summed E-state index contributed by atoms with van der Waals surface area (Å²) in [5.41, 5.74) is 3.05. The fourth-order valence-corrected chi connectivity index (χ4v) is 3.89. The molecule has 0 spiro atoms. The summed E-state index contributed by atoms with van der Waals surface area (Å²) in [6, 6.07) is 26.0. The van der Waals surface area contributed by atoms with Crippen molar-refractivity contribution in [1.82, 2.24) is 5.32 Å². The number of amides is 1. The Kier molecular flexibility index (Phi) is 6.53. The second kappa shape index (κ2) is 9.06. The minimum Gasteiger partial charge on any atom is -0.345 e. The zero-order valence-corrected chi connectivity index (χ0v) is 16.9. The number of carbonyl (C=O) groups excluding carboxylic acids is 1. The van der Waals surface area contributed by atoms with E-state index in [1.165, 1.54) is 5.56 Å². The molecule has 1 unspecified atom stereocenters. The normalized spacial score (nSPS) is 11.8. The first kappa shape index (κ1) is 18.7. The molecule has 0 aliphatic carbocycles. The molecular weight excluding hydrogens is 406 g/mol. The molecule has 0 aliphatic heterocycles. The molecule has 0 fully saturated rings. The Bertz CT molecular complexity index is 865. The second-order valence-corrected chi connectivity index (χ2v) is 7.95. The van der Waals surface area contributed by atoms with E-state index in [9.17, 15) is 4.79 Å². The van der Waals surface area contributed by atoms with Crippen LogP contribution in [-0.4, -0.2) is 5.91 Å². The van der Waals surface area contributed by atoms with Gasteiger partial charge in [0.1, 0.15) is 0 Å². The van der Waals surface area contributed by atoms with Gasteiger partial charge in [0.05, 0.1) is 11.6 Å². The van der Waals surface area contributed by atoms with Crippen molar-refractivity contribution < 1.29 is 4.79 Å². The highest BCUT2D eigenvalue weighted by atomic mass is 79.9. The molecule has 0 heterocycles. The second-order valence-electron chi connectivity index (χ2n) is 6.02. The van der Waals surface area contributed by atoms with Crippen LogP contribution in [0.4, 0.5) is 0 Å². The molecule has 0 aromatic heterocycles. The molecule has 132 valence electrons. The molecule has 3 rings (SSSR count). The largest absolute Gasteiger partial charge is 0.345 e. The third-order valence-electron chi connectivity index (χ3n) is 4.09. The number of thioether (sulfide) groups is 1. The van der Waals surface area contributed by atoms with Crippen molar-refractivity contribution in [2.45, 2.75) is 23.6 Å². The van der Waals surface area contributed by atoms with Gasteiger partial charge in [0, 0.05) is 15.1 Å². The van der Waals surface area contributed by atoms with E-state index in [4.69, 9.17) is 0 Å². The highest BCUT2D eigenvalue weighted by molar-refractivity contribution is 9.10. The first-order valence-corrected chi connectivity index (χ1v) is 10.2. The minimum atomic E-state index is -0.0530. The van der Waals surface area contributed by atoms with Crippen LogP contribution in [0.1, 0.15) is 34.5 Å². The number of nitrogens with one attached hydrogen (secondary N) is 1. The number of hydrogen-bond donors (Lipinski definition) is 1. The van der Waals surface area contributed by atoms with Crippen LogP contribution >= 0.6 is 27.7 Å². The summed E-state index contributed by atoms with van der Waals surface area (Å²) in [6.07, 6.45) is 0. The Morgan fingerprint density at radius 2 is 1.62 bits per heavy atom. The summed E-state index contributed by atoms with van der Waals surface area (Å²) in [6.45, 7) is 2.00. The molecule has 2 nitrogen and oxygen atoms in total. The van der Waals surface area contributed by atoms with Crippen molar-refractivity contribution in [3.63, 3.8) is 0 Å². The molecule has 0 saturated carbocycles. The first-order chi connectivity index (χ1) is 12.6. The van der Waals surface area contributed by atoms with Crippen molar-refractivity contribution in [3.8, 4) is 0 Å². The van der Waals surface area contributed by atoms with Crippen LogP contribution in [0.5, 0.6) is 0 Å². The average Bonchev–Trinajstić information content (AvgIpc) is 2.68. The molecule has 3 aromatic rings. The Balaban J connectivity index is 1.70. The van der Waals surface area contributed by atoms with E-state index in [1.54, 1.807) is 11.8 Å². The summed E-state index contributed by atoms with van der Waals surface area (Å²) in [4.78, 5) is 13.8. The summed E-state index contributed by atoms with van der Waals surface area (Å²) in [5, 5.41) is 3.10. The molecule has 0 bridgehead atoms. The summed E-state index contributed by atoms with van der Waals surface area (Å²) < 4.78 is 1.03. The lowest BCUT2D eigenvalue weighted by atomic mass is 10.1. The van der Waals surface area contributed by atoms with E-state index in [-0.39, 0.29) is 11.9 Å². The number of hydrogen-bond acceptors (Lipinski definition) is 2. The monoisotopic (exact) mass is 425 g/mol. The van der Waals surface area contributed by atoms with Gasteiger partial charge in [-0.2, -0.15) is 0 Å². The van der Waals surface area contributed by atoms with Crippen molar-refractivity contribution in [2.75, 3.05) is 0 Å². The van der Waals surface area contributed by atoms with Gasteiger partial charge < -0.3 is 5.32 Å². The third-order valence-corrected chi connectivity index (χ3v) is 5.76. The van der Waals surface area contributed by atoms with Crippen LogP contribution in [0.2, 0.25) is 0 Å². The minimum absolute atomic E-state index is 0.0448. The van der Waals surface area contributed by atoms with E-state index in [0.29, 0.717) is 0 Å². The predicted octanol–water partition coefficient (Wildman–Crippen LogP) is 6.23. The zero-order chi connectivity index (χ0) is 18.4. The van der Waals surface area contributed by atoms with Crippen LogP contribution in [0.25, 0.3) is 0 Å².